The van der Waals surface area contributed by atoms with Crippen molar-refractivity contribution in [2.75, 3.05) is 13.2 Å². The molecule has 0 saturated carbocycles. The van der Waals surface area contributed by atoms with Gasteiger partial charge in [0.05, 0.1) is 19.3 Å². The Labute approximate surface area is 177 Å². The molecular weight excluding hydrogens is 390 g/mol. The number of hydrogen-bond donors (Lipinski definition) is 1. The van der Waals surface area contributed by atoms with E-state index in [1.54, 1.807) is 41.5 Å². The van der Waals surface area contributed by atoms with E-state index >= 15 is 0 Å². The van der Waals surface area contributed by atoms with Crippen LogP contribution >= 0.6 is 0 Å². The number of esters is 1. The lowest BCUT2D eigenvalue weighted by molar-refractivity contribution is -0.170. The number of nitrogens with zero attached hydrogens (tertiary/aromatic N) is 1. The van der Waals surface area contributed by atoms with E-state index < -0.39 is 43.7 Å². The van der Waals surface area contributed by atoms with Crippen molar-refractivity contribution >= 4 is 20.4 Å². The van der Waals surface area contributed by atoms with Gasteiger partial charge in [-0.15, -0.1) is 0 Å². The van der Waals surface area contributed by atoms with Gasteiger partial charge in [-0.2, -0.15) is 0 Å². The van der Waals surface area contributed by atoms with Crippen LogP contribution < -0.4 is 0 Å². The summed E-state index contributed by atoms with van der Waals surface area (Å²) in [6, 6.07) is 0. The Morgan fingerprint density at radius 3 is 1.86 bits per heavy atom. The van der Waals surface area contributed by atoms with Gasteiger partial charge in [0, 0.05) is 6.42 Å². The third-order valence-corrected chi connectivity index (χ3v) is 9.92. The molecule has 1 aliphatic heterocycles. The summed E-state index contributed by atoms with van der Waals surface area (Å²) >= 11 is 0. The molecule has 0 aromatic carbocycles. The zero-order chi connectivity index (χ0) is 23.1. The van der Waals surface area contributed by atoms with Gasteiger partial charge in [-0.3, -0.25) is 4.90 Å². The molecule has 1 N–H and O–H groups in total. The first-order valence-electron chi connectivity index (χ1n) is 10.3. The van der Waals surface area contributed by atoms with E-state index in [2.05, 4.69) is 33.9 Å². The highest BCUT2D eigenvalue weighted by molar-refractivity contribution is 6.74. The summed E-state index contributed by atoms with van der Waals surface area (Å²) in [5.74, 6) is -0.639. The van der Waals surface area contributed by atoms with Gasteiger partial charge in [-0.05, 0) is 59.7 Å². The van der Waals surface area contributed by atoms with Gasteiger partial charge in [-0.25, -0.2) is 9.59 Å². The van der Waals surface area contributed by atoms with E-state index in [9.17, 15) is 14.7 Å². The minimum absolute atomic E-state index is 0.0276. The molecule has 0 spiro atoms. The van der Waals surface area contributed by atoms with Crippen LogP contribution in [0, 0.1) is 0 Å². The third kappa shape index (κ3) is 6.43. The number of rotatable bonds is 4. The molecule has 0 bridgehead atoms. The summed E-state index contributed by atoms with van der Waals surface area (Å²) in [4.78, 5) is 27.4. The second-order valence-electron chi connectivity index (χ2n) is 11.5. The number of carbonyl (C=O) groups excluding carboxylic acids is 2. The average Bonchev–Trinajstić information content (AvgIpc) is 2.81. The Bertz CT molecular complexity index is 614. The molecule has 0 radical (unpaired) electrons. The van der Waals surface area contributed by atoms with E-state index in [1.807, 2.05) is 0 Å². The molecule has 7 nitrogen and oxygen atoms in total. The van der Waals surface area contributed by atoms with Crippen molar-refractivity contribution in [1.29, 1.82) is 0 Å². The number of amides is 1. The molecule has 2 atom stereocenters. The van der Waals surface area contributed by atoms with Gasteiger partial charge in [0.1, 0.15) is 11.2 Å². The number of likely N-dealkylation sites (tertiary alicyclic amines) is 1. The standard InChI is InChI=1S/C21H41NO6Si/c1-18(2,3)26-16(24)21(14-23)12-15(28-29(10,11)20(7,8)9)13-22(21)17(25)27-19(4,5)6/h15,23H,12-14H2,1-11H3. The lowest BCUT2D eigenvalue weighted by Gasteiger charge is -2.38. The zero-order valence-electron chi connectivity index (χ0n) is 20.1. The zero-order valence-corrected chi connectivity index (χ0v) is 21.1. The first-order valence-corrected chi connectivity index (χ1v) is 13.2. The fourth-order valence-corrected chi connectivity index (χ4v) is 4.29. The van der Waals surface area contributed by atoms with Crippen LogP contribution in [0.3, 0.4) is 0 Å². The highest BCUT2D eigenvalue weighted by Gasteiger charge is 2.57. The quantitative estimate of drug-likeness (QED) is 0.533. The molecular formula is C21H41NO6Si. The van der Waals surface area contributed by atoms with E-state index in [-0.39, 0.29) is 24.1 Å². The van der Waals surface area contributed by atoms with Crippen molar-refractivity contribution < 1.29 is 28.6 Å². The van der Waals surface area contributed by atoms with Crippen LogP contribution in [0.1, 0.15) is 68.7 Å². The van der Waals surface area contributed by atoms with Crippen molar-refractivity contribution in [1.82, 2.24) is 4.90 Å². The van der Waals surface area contributed by atoms with Gasteiger partial charge in [0.2, 0.25) is 0 Å². The summed E-state index contributed by atoms with van der Waals surface area (Å²) in [6.45, 7) is 20.8. The maximum absolute atomic E-state index is 13.1. The highest BCUT2D eigenvalue weighted by atomic mass is 28.4. The lowest BCUT2D eigenvalue weighted by Crippen LogP contribution is -2.58. The van der Waals surface area contributed by atoms with Crippen LogP contribution in [0.25, 0.3) is 0 Å². The van der Waals surface area contributed by atoms with Crippen molar-refractivity contribution in [3.8, 4) is 0 Å². The normalized spacial score (nSPS) is 23.9. The van der Waals surface area contributed by atoms with Crippen molar-refractivity contribution in [3.05, 3.63) is 0 Å². The summed E-state index contributed by atoms with van der Waals surface area (Å²) in [5, 5.41) is 10.3. The molecule has 0 aliphatic carbocycles. The number of ether oxygens (including phenoxy) is 2. The smallest absolute Gasteiger partial charge is 0.411 e. The van der Waals surface area contributed by atoms with Crippen molar-refractivity contribution in [2.45, 2.75) is 110 Å². The van der Waals surface area contributed by atoms with Crippen molar-refractivity contribution in [2.24, 2.45) is 0 Å². The fourth-order valence-electron chi connectivity index (χ4n) is 2.95. The Hall–Kier alpha value is -1.12. The Morgan fingerprint density at radius 1 is 1.00 bits per heavy atom. The van der Waals surface area contributed by atoms with Crippen LogP contribution in [-0.2, 0) is 18.7 Å². The first kappa shape index (κ1) is 25.9. The lowest BCUT2D eigenvalue weighted by atomic mass is 9.96. The van der Waals surface area contributed by atoms with Crippen molar-refractivity contribution in [3.63, 3.8) is 0 Å². The Kier molecular flexibility index (Phi) is 7.32. The first-order chi connectivity index (χ1) is 12.7. The largest absolute Gasteiger partial charge is 0.458 e. The molecule has 1 fully saturated rings. The second kappa shape index (κ2) is 8.19. The third-order valence-electron chi connectivity index (χ3n) is 5.39. The van der Waals surface area contributed by atoms with E-state index in [0.717, 1.165) is 0 Å². The minimum Gasteiger partial charge on any atom is -0.458 e. The van der Waals surface area contributed by atoms with E-state index in [1.165, 1.54) is 4.90 Å². The molecule has 0 aromatic rings. The molecule has 0 aromatic heterocycles. The topological polar surface area (TPSA) is 85.3 Å². The Morgan fingerprint density at radius 2 is 1.48 bits per heavy atom. The van der Waals surface area contributed by atoms with E-state index in [4.69, 9.17) is 13.9 Å². The van der Waals surface area contributed by atoms with Crippen LogP contribution in [-0.4, -0.2) is 66.4 Å². The number of hydrogen-bond acceptors (Lipinski definition) is 6. The molecule has 29 heavy (non-hydrogen) atoms. The van der Waals surface area contributed by atoms with Gasteiger partial charge < -0.3 is 19.0 Å². The van der Waals surface area contributed by atoms with Gasteiger partial charge >= 0.3 is 12.1 Å². The van der Waals surface area contributed by atoms with Crippen LogP contribution in [0.2, 0.25) is 18.1 Å². The fraction of sp³-hybridized carbons (Fsp3) is 0.905. The monoisotopic (exact) mass is 431 g/mol. The van der Waals surface area contributed by atoms with Gasteiger partial charge in [0.15, 0.2) is 13.9 Å². The highest BCUT2D eigenvalue weighted by Crippen LogP contribution is 2.41. The van der Waals surface area contributed by atoms with Crippen LogP contribution in [0.15, 0.2) is 0 Å². The maximum atomic E-state index is 13.1. The molecule has 1 saturated heterocycles. The minimum atomic E-state index is -2.15. The number of aliphatic hydroxyl groups is 1. The average molecular weight is 432 g/mol. The second-order valence-corrected chi connectivity index (χ2v) is 16.2. The molecule has 170 valence electrons. The predicted molar refractivity (Wildman–Crippen MR) is 115 cm³/mol. The maximum Gasteiger partial charge on any atom is 0.411 e. The summed E-state index contributed by atoms with van der Waals surface area (Å²) in [5.41, 5.74) is -3.01. The summed E-state index contributed by atoms with van der Waals surface area (Å²) in [7, 11) is -2.15. The number of carbonyl (C=O) groups is 2. The summed E-state index contributed by atoms with van der Waals surface area (Å²) in [6.07, 6.45) is -0.869. The summed E-state index contributed by atoms with van der Waals surface area (Å²) < 4.78 is 17.6. The number of aliphatic hydroxyl groups excluding tert-OH is 1. The molecule has 1 amide bonds. The SMILES string of the molecule is CC(C)(C)OC(=O)N1CC(O[Si](C)(C)C(C)(C)C)CC1(CO)C(=O)OC(C)(C)C. The Balaban J connectivity index is 3.28. The van der Waals surface area contributed by atoms with Gasteiger partial charge in [-0.1, -0.05) is 20.8 Å². The molecule has 8 heteroatoms. The molecule has 2 unspecified atom stereocenters. The molecule has 1 heterocycles. The van der Waals surface area contributed by atoms with E-state index in [0.29, 0.717) is 0 Å². The van der Waals surface area contributed by atoms with Crippen LogP contribution in [0.4, 0.5) is 4.79 Å². The van der Waals surface area contributed by atoms with Gasteiger partial charge in [0.25, 0.3) is 0 Å². The predicted octanol–water partition coefficient (Wildman–Crippen LogP) is 4.09. The van der Waals surface area contributed by atoms with Crippen LogP contribution in [0.5, 0.6) is 0 Å². The molecule has 1 rings (SSSR count). The molecule has 1 aliphatic rings.